The summed E-state index contributed by atoms with van der Waals surface area (Å²) in [6.07, 6.45) is 2.11. The Morgan fingerprint density at radius 1 is 1.31 bits per heavy atom. The van der Waals surface area contributed by atoms with Crippen molar-refractivity contribution >= 4 is 17.5 Å². The van der Waals surface area contributed by atoms with E-state index in [1.807, 2.05) is 30.3 Å². The molecule has 0 saturated carbocycles. The van der Waals surface area contributed by atoms with Gasteiger partial charge in [-0.1, -0.05) is 0 Å². The van der Waals surface area contributed by atoms with Gasteiger partial charge in [0.25, 0.3) is 5.91 Å². The summed E-state index contributed by atoms with van der Waals surface area (Å²) < 4.78 is 10.7. The van der Waals surface area contributed by atoms with Crippen molar-refractivity contribution in [2.75, 3.05) is 20.7 Å². The number of carbonyl (C=O) groups is 2. The number of hydrogen-bond acceptors (Lipinski definition) is 5. The van der Waals surface area contributed by atoms with Gasteiger partial charge in [0, 0.05) is 20.4 Å². The van der Waals surface area contributed by atoms with Crippen LogP contribution in [0.5, 0.6) is 5.75 Å². The normalized spacial score (nSPS) is 16.3. The van der Waals surface area contributed by atoms with E-state index in [2.05, 4.69) is 5.10 Å². The van der Waals surface area contributed by atoms with Gasteiger partial charge in [-0.25, -0.2) is 5.01 Å². The number of amides is 2. The maximum atomic E-state index is 12.7. The van der Waals surface area contributed by atoms with Crippen molar-refractivity contribution in [3.63, 3.8) is 0 Å². The molecule has 0 spiro atoms. The topological polar surface area (TPSA) is 75.3 Å². The summed E-state index contributed by atoms with van der Waals surface area (Å²) in [5.74, 6) is 0.987. The van der Waals surface area contributed by atoms with Gasteiger partial charge in [-0.05, 0) is 42.0 Å². The molecule has 0 saturated heterocycles. The second-order valence-electron chi connectivity index (χ2n) is 6.12. The van der Waals surface area contributed by atoms with E-state index in [1.54, 1.807) is 26.5 Å². The first-order valence-electron chi connectivity index (χ1n) is 8.28. The molecule has 2 aromatic rings. The summed E-state index contributed by atoms with van der Waals surface area (Å²) in [5, 5.41) is 5.94. The van der Waals surface area contributed by atoms with Crippen molar-refractivity contribution in [2.24, 2.45) is 5.10 Å². The minimum absolute atomic E-state index is 0.0358. The molecule has 1 aromatic heterocycles. The van der Waals surface area contributed by atoms with Gasteiger partial charge in [-0.15, -0.1) is 0 Å². The predicted octanol–water partition coefficient (Wildman–Crippen LogP) is 2.44. The van der Waals surface area contributed by atoms with Gasteiger partial charge in [-0.2, -0.15) is 5.10 Å². The Labute approximate surface area is 151 Å². The first-order valence-corrected chi connectivity index (χ1v) is 8.28. The lowest BCUT2D eigenvalue weighted by Gasteiger charge is -2.22. The van der Waals surface area contributed by atoms with Crippen molar-refractivity contribution in [3.8, 4) is 5.75 Å². The van der Waals surface area contributed by atoms with Gasteiger partial charge < -0.3 is 14.1 Å². The Bertz CT molecular complexity index is 812. The lowest BCUT2D eigenvalue weighted by molar-refractivity contribution is -0.139. The predicted molar refractivity (Wildman–Crippen MR) is 95.8 cm³/mol. The summed E-state index contributed by atoms with van der Waals surface area (Å²) in [7, 11) is 3.20. The van der Waals surface area contributed by atoms with Crippen LogP contribution in [0.2, 0.25) is 0 Å². The minimum Gasteiger partial charge on any atom is -0.497 e. The van der Waals surface area contributed by atoms with Crippen LogP contribution >= 0.6 is 0 Å². The van der Waals surface area contributed by atoms with Gasteiger partial charge in [0.2, 0.25) is 5.91 Å². The molecular formula is C19H21N3O4. The smallest absolute Gasteiger partial charge is 0.262 e. The zero-order valence-corrected chi connectivity index (χ0v) is 15.0. The maximum Gasteiger partial charge on any atom is 0.262 e. The van der Waals surface area contributed by atoms with Crippen LogP contribution in [0.25, 0.3) is 0 Å². The zero-order chi connectivity index (χ0) is 18.7. The van der Waals surface area contributed by atoms with E-state index >= 15 is 0 Å². The number of carbonyl (C=O) groups excluding carboxylic acids is 2. The second-order valence-corrected chi connectivity index (χ2v) is 6.12. The molecule has 3 rings (SSSR count). The summed E-state index contributed by atoms with van der Waals surface area (Å²) in [6, 6.07) is 10.8. The molecule has 1 aliphatic heterocycles. The number of nitrogens with zero attached hydrogens (tertiary/aromatic N) is 3. The number of rotatable bonds is 5. The Balaban J connectivity index is 1.87. The Kier molecular flexibility index (Phi) is 5.06. The average molecular weight is 355 g/mol. The minimum atomic E-state index is -0.324. The molecule has 0 N–H and O–H groups in total. The van der Waals surface area contributed by atoms with Crippen LogP contribution in [0.1, 0.15) is 30.7 Å². The first-order chi connectivity index (χ1) is 12.5. The molecule has 0 bridgehead atoms. The molecule has 26 heavy (non-hydrogen) atoms. The van der Waals surface area contributed by atoms with E-state index < -0.39 is 0 Å². The Morgan fingerprint density at radius 3 is 2.62 bits per heavy atom. The quantitative estimate of drug-likeness (QED) is 0.826. The lowest BCUT2D eigenvalue weighted by atomic mass is 10.0. The Morgan fingerprint density at radius 2 is 2.04 bits per heavy atom. The van der Waals surface area contributed by atoms with E-state index in [1.165, 1.54) is 16.8 Å². The molecule has 0 aliphatic carbocycles. The zero-order valence-electron chi connectivity index (χ0n) is 15.0. The van der Waals surface area contributed by atoms with Crippen molar-refractivity contribution in [2.45, 2.75) is 19.4 Å². The molecule has 0 fully saturated rings. The lowest BCUT2D eigenvalue weighted by Crippen LogP contribution is -2.38. The first kappa shape index (κ1) is 17.7. The number of benzene rings is 1. The third-order valence-corrected chi connectivity index (χ3v) is 4.37. The second kappa shape index (κ2) is 7.43. The van der Waals surface area contributed by atoms with Crippen molar-refractivity contribution in [1.29, 1.82) is 0 Å². The molecule has 136 valence electrons. The van der Waals surface area contributed by atoms with E-state index in [4.69, 9.17) is 9.15 Å². The van der Waals surface area contributed by atoms with E-state index in [-0.39, 0.29) is 24.4 Å². The molecule has 1 unspecified atom stereocenters. The monoisotopic (exact) mass is 355 g/mol. The fraction of sp³-hybridized carbons (Fsp3) is 0.316. The number of furan rings is 1. The largest absolute Gasteiger partial charge is 0.497 e. The molecule has 0 radical (unpaired) electrons. The van der Waals surface area contributed by atoms with Crippen molar-refractivity contribution in [1.82, 2.24) is 9.91 Å². The van der Waals surface area contributed by atoms with Gasteiger partial charge in [0.05, 0.1) is 19.1 Å². The highest BCUT2D eigenvalue weighted by atomic mass is 16.5. The third-order valence-electron chi connectivity index (χ3n) is 4.37. The molecular weight excluding hydrogens is 334 g/mol. The molecule has 1 aromatic carbocycles. The van der Waals surface area contributed by atoms with Crippen LogP contribution < -0.4 is 4.74 Å². The fourth-order valence-electron chi connectivity index (χ4n) is 2.79. The summed E-state index contributed by atoms with van der Waals surface area (Å²) >= 11 is 0. The fourth-order valence-corrected chi connectivity index (χ4v) is 2.79. The highest BCUT2D eigenvalue weighted by Gasteiger charge is 2.35. The average Bonchev–Trinajstić information content (AvgIpc) is 3.31. The third kappa shape index (κ3) is 3.61. The maximum absolute atomic E-state index is 12.7. The number of likely N-dealkylation sites (N-methyl/N-ethyl adjacent to an activating group) is 1. The van der Waals surface area contributed by atoms with Crippen LogP contribution in [0.4, 0.5) is 0 Å². The van der Waals surface area contributed by atoms with Crippen LogP contribution in [-0.4, -0.2) is 48.1 Å². The van der Waals surface area contributed by atoms with Gasteiger partial charge in [0.15, 0.2) is 0 Å². The SMILES string of the molecule is COc1ccc(C2=NN(C(=O)CN(C)C(C)=O)C(c3ccco3)C2)cc1. The van der Waals surface area contributed by atoms with Crippen LogP contribution in [0.3, 0.4) is 0 Å². The van der Waals surface area contributed by atoms with Crippen LogP contribution in [-0.2, 0) is 9.59 Å². The number of hydrogen-bond donors (Lipinski definition) is 0. The molecule has 1 atom stereocenters. The van der Waals surface area contributed by atoms with Gasteiger partial charge in [-0.3, -0.25) is 9.59 Å². The highest BCUT2D eigenvalue weighted by Crippen LogP contribution is 2.33. The van der Waals surface area contributed by atoms with Crippen molar-refractivity contribution < 1.29 is 18.7 Å². The molecule has 2 amide bonds. The van der Waals surface area contributed by atoms with E-state index in [0.29, 0.717) is 12.2 Å². The van der Waals surface area contributed by atoms with Gasteiger partial charge >= 0.3 is 0 Å². The highest BCUT2D eigenvalue weighted by molar-refractivity contribution is 6.03. The van der Waals surface area contributed by atoms with Gasteiger partial charge in [0.1, 0.15) is 24.1 Å². The summed E-state index contributed by atoms with van der Waals surface area (Å²) in [5.41, 5.74) is 1.70. The summed E-state index contributed by atoms with van der Waals surface area (Å²) in [4.78, 5) is 25.5. The number of hydrazone groups is 1. The molecule has 2 heterocycles. The number of methoxy groups -OCH3 is 1. The number of ether oxygens (including phenoxy) is 1. The van der Waals surface area contributed by atoms with Crippen molar-refractivity contribution in [3.05, 3.63) is 54.0 Å². The molecule has 1 aliphatic rings. The summed E-state index contributed by atoms with van der Waals surface area (Å²) in [6.45, 7) is 1.39. The standard InChI is InChI=1S/C19H21N3O4/c1-13(23)21(2)12-19(24)22-17(18-5-4-10-26-18)11-16(20-22)14-6-8-15(25-3)9-7-14/h4-10,17H,11-12H2,1-3H3. The van der Waals surface area contributed by atoms with E-state index in [0.717, 1.165) is 17.0 Å². The Hall–Kier alpha value is -3.09. The van der Waals surface area contributed by atoms with E-state index in [9.17, 15) is 9.59 Å². The molecule has 7 heteroatoms. The molecule has 7 nitrogen and oxygen atoms in total. The van der Waals surface area contributed by atoms with Crippen LogP contribution in [0.15, 0.2) is 52.2 Å². The van der Waals surface area contributed by atoms with Crippen LogP contribution in [0, 0.1) is 0 Å².